The first-order valence-electron chi connectivity index (χ1n) is 11.4. The Morgan fingerprint density at radius 3 is 2.57 bits per heavy atom. The van der Waals surface area contributed by atoms with E-state index in [1.165, 1.54) is 6.21 Å². The molecule has 0 fully saturated rings. The van der Waals surface area contributed by atoms with Gasteiger partial charge in [-0.1, -0.05) is 54.6 Å². The molecule has 2 heterocycles. The Hall–Kier alpha value is -4.92. The average molecular weight is 452 g/mol. The average Bonchev–Trinajstić information content (AvgIpc) is 3.06. The van der Waals surface area contributed by atoms with Crippen molar-refractivity contribution < 1.29 is 4.74 Å². The van der Waals surface area contributed by atoms with Crippen molar-refractivity contribution in [3.05, 3.63) is 132 Å². The number of nitrogens with zero attached hydrogens (tertiary/aromatic N) is 2. The van der Waals surface area contributed by atoms with Crippen molar-refractivity contribution in [2.24, 2.45) is 0 Å². The lowest BCUT2D eigenvalue weighted by Crippen LogP contribution is -1.99. The summed E-state index contributed by atoms with van der Waals surface area (Å²) in [4.78, 5) is 4.24. The quantitative estimate of drug-likeness (QED) is 0.221. The van der Waals surface area contributed by atoms with Crippen LogP contribution in [0.2, 0.25) is 0 Å². The third-order valence-corrected chi connectivity index (χ3v) is 6.08. The zero-order chi connectivity index (χ0) is 23.6. The number of aromatic nitrogens is 2. The van der Waals surface area contributed by atoms with Gasteiger partial charge in [0.2, 0.25) is 0 Å². The first kappa shape index (κ1) is 20.7. The lowest BCUT2D eigenvalue weighted by atomic mass is 10.1. The van der Waals surface area contributed by atoms with Gasteiger partial charge < -0.3 is 14.7 Å². The monoisotopic (exact) mass is 451 g/mol. The molecule has 35 heavy (non-hydrogen) atoms. The van der Waals surface area contributed by atoms with Crippen LogP contribution in [0, 0.1) is 5.41 Å². The lowest BCUT2D eigenvalue weighted by molar-refractivity contribution is 0.486. The number of hydrogen-bond acceptors (Lipinski definition) is 3. The Labute approximate surface area is 203 Å². The molecule has 1 aliphatic rings. The minimum atomic E-state index is 0.652. The van der Waals surface area contributed by atoms with Crippen molar-refractivity contribution in [1.82, 2.24) is 9.55 Å². The van der Waals surface area contributed by atoms with Gasteiger partial charge in [0.15, 0.2) is 5.75 Å². The first-order valence-corrected chi connectivity index (χ1v) is 11.4. The zero-order valence-electron chi connectivity index (χ0n) is 18.8. The molecule has 4 heteroatoms. The Kier molecular flexibility index (Phi) is 5.19. The normalized spacial score (nSPS) is 12.9. The molecule has 0 amide bonds. The van der Waals surface area contributed by atoms with E-state index in [9.17, 15) is 0 Å². The Bertz CT molecular complexity index is 1700. The minimum Gasteiger partial charge on any atom is -0.454 e. The maximum Gasteiger partial charge on any atom is 0.160 e. The summed E-state index contributed by atoms with van der Waals surface area (Å²) in [5, 5.41) is 10.2. The molecule has 0 aliphatic heterocycles. The van der Waals surface area contributed by atoms with Crippen LogP contribution in [0.25, 0.3) is 33.1 Å². The van der Waals surface area contributed by atoms with E-state index in [-0.39, 0.29) is 0 Å². The number of para-hydroxylation sites is 2. The standard InChI is InChI=1S/C31H21N3O/c32-20-23-16-18-28-27-13-4-5-14-29(27)34(30(28)31(23)35-26-11-2-1-3-12-26)25-10-6-8-22(15-17-25)24-9-7-19-33-21-24/h1-14,16-21,32H. The molecule has 0 spiro atoms. The van der Waals surface area contributed by atoms with Gasteiger partial charge in [0.05, 0.1) is 16.7 Å². The van der Waals surface area contributed by atoms with Gasteiger partial charge in [0, 0.05) is 52.2 Å². The van der Waals surface area contributed by atoms with Crippen LogP contribution >= 0.6 is 0 Å². The largest absolute Gasteiger partial charge is 0.454 e. The maximum absolute atomic E-state index is 8.06. The summed E-state index contributed by atoms with van der Waals surface area (Å²) in [6.45, 7) is 0. The van der Waals surface area contributed by atoms with Gasteiger partial charge in [-0.25, -0.2) is 0 Å². The van der Waals surface area contributed by atoms with Gasteiger partial charge in [-0.05, 0) is 42.5 Å². The fourth-order valence-electron chi connectivity index (χ4n) is 4.47. The summed E-state index contributed by atoms with van der Waals surface area (Å²) >= 11 is 0. The van der Waals surface area contributed by atoms with E-state index in [0.717, 1.165) is 44.4 Å². The zero-order valence-corrected chi connectivity index (χ0v) is 18.8. The van der Waals surface area contributed by atoms with E-state index in [2.05, 4.69) is 39.6 Å². The number of benzene rings is 3. The Morgan fingerprint density at radius 1 is 0.886 bits per heavy atom. The number of pyridine rings is 1. The van der Waals surface area contributed by atoms with Crippen molar-refractivity contribution in [3.8, 4) is 11.5 Å². The molecule has 1 aliphatic carbocycles. The van der Waals surface area contributed by atoms with Crippen LogP contribution < -0.4 is 4.74 Å². The van der Waals surface area contributed by atoms with Crippen LogP contribution in [0.15, 0.2) is 121 Å². The smallest absolute Gasteiger partial charge is 0.160 e. The molecule has 5 aromatic rings. The van der Waals surface area contributed by atoms with E-state index in [1.807, 2.05) is 85.1 Å². The van der Waals surface area contributed by atoms with E-state index >= 15 is 0 Å². The molecule has 0 saturated heterocycles. The number of hydrogen-bond donors (Lipinski definition) is 1. The van der Waals surface area contributed by atoms with Gasteiger partial charge >= 0.3 is 0 Å². The number of ether oxygens (including phenoxy) is 1. The fourth-order valence-corrected chi connectivity index (χ4v) is 4.47. The molecular formula is C31H21N3O. The van der Waals surface area contributed by atoms with E-state index in [4.69, 9.17) is 10.1 Å². The number of allylic oxidation sites excluding steroid dienone is 5. The van der Waals surface area contributed by atoms with Crippen molar-refractivity contribution >= 4 is 39.3 Å². The molecule has 0 bridgehead atoms. The predicted octanol–water partition coefficient (Wildman–Crippen LogP) is 7.63. The highest BCUT2D eigenvalue weighted by molar-refractivity contribution is 6.14. The molecule has 0 unspecified atom stereocenters. The minimum absolute atomic E-state index is 0.652. The first-order chi connectivity index (χ1) is 17.3. The van der Waals surface area contributed by atoms with Crippen LogP contribution in [-0.4, -0.2) is 15.8 Å². The highest BCUT2D eigenvalue weighted by Gasteiger charge is 2.19. The molecule has 0 saturated carbocycles. The summed E-state index contributed by atoms with van der Waals surface area (Å²) in [5.41, 5.74) is 9.07. The molecular weight excluding hydrogens is 430 g/mol. The summed E-state index contributed by atoms with van der Waals surface area (Å²) in [6.07, 6.45) is 13.1. The highest BCUT2D eigenvalue weighted by Crippen LogP contribution is 2.41. The van der Waals surface area contributed by atoms with Crippen molar-refractivity contribution in [3.63, 3.8) is 0 Å². The van der Waals surface area contributed by atoms with Crippen LogP contribution in [0.5, 0.6) is 11.5 Å². The second kappa shape index (κ2) is 8.79. The number of rotatable bonds is 5. The van der Waals surface area contributed by atoms with Crippen LogP contribution in [0.3, 0.4) is 0 Å². The van der Waals surface area contributed by atoms with Gasteiger partial charge in [-0.15, -0.1) is 5.73 Å². The fraction of sp³-hybridized carbons (Fsp3) is 0. The van der Waals surface area contributed by atoms with Gasteiger partial charge in [0.25, 0.3) is 0 Å². The summed E-state index contributed by atoms with van der Waals surface area (Å²) < 4.78 is 8.63. The second-order valence-electron chi connectivity index (χ2n) is 8.19. The van der Waals surface area contributed by atoms with Gasteiger partial charge in [-0.3, -0.25) is 4.98 Å². The molecule has 0 atom stereocenters. The van der Waals surface area contributed by atoms with Crippen molar-refractivity contribution in [2.75, 3.05) is 0 Å². The van der Waals surface area contributed by atoms with Gasteiger partial charge in [0.1, 0.15) is 5.75 Å². The third kappa shape index (κ3) is 3.68. The molecule has 166 valence electrons. The topological polar surface area (TPSA) is 50.9 Å². The number of nitrogens with one attached hydrogen (secondary N) is 1. The van der Waals surface area contributed by atoms with Crippen LogP contribution in [-0.2, 0) is 0 Å². The predicted molar refractivity (Wildman–Crippen MR) is 143 cm³/mol. The SMILES string of the molecule is N=Cc1ccc2c3ccccc3n(C3=CC=CC(c4cccnc4)=C=C3)c2c1Oc1ccccc1. The third-order valence-electron chi connectivity index (χ3n) is 6.08. The Morgan fingerprint density at radius 2 is 1.74 bits per heavy atom. The molecule has 4 nitrogen and oxygen atoms in total. The molecule has 2 aromatic heterocycles. The van der Waals surface area contributed by atoms with Crippen molar-refractivity contribution in [1.29, 1.82) is 5.41 Å². The summed E-state index contributed by atoms with van der Waals surface area (Å²) in [6, 6.07) is 26.0. The molecule has 1 N–H and O–H groups in total. The highest BCUT2D eigenvalue weighted by atomic mass is 16.5. The lowest BCUT2D eigenvalue weighted by Gasteiger charge is -2.14. The number of fused-ring (bicyclic) bond motifs is 3. The summed E-state index contributed by atoms with van der Waals surface area (Å²) in [5.74, 6) is 1.38. The van der Waals surface area contributed by atoms with Crippen LogP contribution in [0.4, 0.5) is 0 Å². The van der Waals surface area contributed by atoms with E-state index < -0.39 is 0 Å². The Balaban J connectivity index is 1.63. The van der Waals surface area contributed by atoms with Gasteiger partial charge in [-0.2, -0.15) is 0 Å². The van der Waals surface area contributed by atoms with Crippen LogP contribution in [0.1, 0.15) is 11.1 Å². The maximum atomic E-state index is 8.06. The van der Waals surface area contributed by atoms with E-state index in [1.54, 1.807) is 6.20 Å². The summed E-state index contributed by atoms with van der Waals surface area (Å²) in [7, 11) is 0. The van der Waals surface area contributed by atoms with E-state index in [0.29, 0.717) is 11.3 Å². The molecule has 3 aromatic carbocycles. The second-order valence-corrected chi connectivity index (χ2v) is 8.19. The molecule has 0 radical (unpaired) electrons. The van der Waals surface area contributed by atoms with Crippen molar-refractivity contribution in [2.45, 2.75) is 0 Å². The molecule has 6 rings (SSSR count).